The van der Waals surface area contributed by atoms with Gasteiger partial charge in [0.2, 0.25) is 5.91 Å². The van der Waals surface area contributed by atoms with Gasteiger partial charge in [0, 0.05) is 17.5 Å². The quantitative estimate of drug-likeness (QED) is 0.665. The Morgan fingerprint density at radius 1 is 1.29 bits per heavy atom. The second-order valence-electron chi connectivity index (χ2n) is 5.55. The highest BCUT2D eigenvalue weighted by molar-refractivity contribution is 5.89. The van der Waals surface area contributed by atoms with Gasteiger partial charge in [-0.15, -0.1) is 0 Å². The van der Waals surface area contributed by atoms with Gasteiger partial charge >= 0.3 is 11.6 Å². The van der Waals surface area contributed by atoms with Crippen LogP contribution in [0.25, 0.3) is 11.0 Å². The topological polar surface area (TPSA) is 117 Å². The molecule has 1 heterocycles. The molecule has 3 N–H and O–H groups in total. The van der Waals surface area contributed by atoms with Crippen LogP contribution in [0.15, 0.2) is 33.5 Å². The number of phenols is 1. The molecule has 2 rings (SSSR count). The van der Waals surface area contributed by atoms with Crippen LogP contribution in [0.1, 0.15) is 31.7 Å². The molecule has 0 spiro atoms. The van der Waals surface area contributed by atoms with Gasteiger partial charge in [-0.2, -0.15) is 0 Å². The molecule has 0 radical (unpaired) electrons. The number of carbonyl (C=O) groups is 2. The lowest BCUT2D eigenvalue weighted by molar-refractivity contribution is -0.141. The van der Waals surface area contributed by atoms with E-state index in [0.29, 0.717) is 23.8 Å². The van der Waals surface area contributed by atoms with E-state index < -0.39 is 23.5 Å². The molecule has 7 nitrogen and oxygen atoms in total. The number of hydrogen-bond donors (Lipinski definition) is 3. The third-order valence-electron chi connectivity index (χ3n) is 3.64. The highest BCUT2D eigenvalue weighted by Crippen LogP contribution is 2.22. The van der Waals surface area contributed by atoms with Gasteiger partial charge in [-0.05, 0) is 24.1 Å². The van der Waals surface area contributed by atoms with Crippen molar-refractivity contribution in [1.29, 1.82) is 0 Å². The van der Waals surface area contributed by atoms with E-state index in [1.165, 1.54) is 18.2 Å². The van der Waals surface area contributed by atoms with Gasteiger partial charge in [-0.3, -0.25) is 4.79 Å². The van der Waals surface area contributed by atoms with Gasteiger partial charge < -0.3 is 19.9 Å². The number of aromatic hydroxyl groups is 1. The number of benzene rings is 1. The number of rotatable bonds is 7. The number of amides is 1. The number of phenolic OH excluding ortho intramolecular Hbond substituents is 1. The summed E-state index contributed by atoms with van der Waals surface area (Å²) in [7, 11) is 0. The summed E-state index contributed by atoms with van der Waals surface area (Å²) in [4.78, 5) is 34.9. The highest BCUT2D eigenvalue weighted by atomic mass is 16.4. The van der Waals surface area contributed by atoms with Gasteiger partial charge in [0.1, 0.15) is 17.4 Å². The minimum atomic E-state index is -1.08. The third kappa shape index (κ3) is 4.34. The lowest BCUT2D eigenvalue weighted by Gasteiger charge is -2.14. The van der Waals surface area contributed by atoms with Crippen molar-refractivity contribution in [1.82, 2.24) is 5.32 Å². The van der Waals surface area contributed by atoms with Gasteiger partial charge in [0.25, 0.3) is 0 Å². The number of aliphatic carboxylic acids is 1. The smallest absolute Gasteiger partial charge is 0.336 e. The fraction of sp³-hybridized carbons (Fsp3) is 0.353. The summed E-state index contributed by atoms with van der Waals surface area (Å²) >= 11 is 0. The first-order chi connectivity index (χ1) is 11.4. The molecule has 0 unspecified atom stereocenters. The summed E-state index contributed by atoms with van der Waals surface area (Å²) in [5.74, 6) is -1.63. The van der Waals surface area contributed by atoms with E-state index in [9.17, 15) is 19.5 Å². The van der Waals surface area contributed by atoms with E-state index in [1.54, 1.807) is 6.07 Å². The molecule has 7 heteroatoms. The predicted octanol–water partition coefficient (Wildman–Crippen LogP) is 1.80. The first-order valence-corrected chi connectivity index (χ1v) is 7.68. The Balaban J connectivity index is 2.21. The summed E-state index contributed by atoms with van der Waals surface area (Å²) < 4.78 is 5.00. The Bertz CT molecular complexity index is 810. The second-order valence-corrected chi connectivity index (χ2v) is 5.55. The Kier molecular flexibility index (Phi) is 5.57. The van der Waals surface area contributed by atoms with Gasteiger partial charge in [0.05, 0.1) is 6.42 Å². The monoisotopic (exact) mass is 333 g/mol. The van der Waals surface area contributed by atoms with E-state index in [1.807, 2.05) is 6.92 Å². The number of carbonyl (C=O) groups excluding carboxylic acids is 1. The van der Waals surface area contributed by atoms with Crippen molar-refractivity contribution in [2.75, 3.05) is 0 Å². The molecule has 0 bridgehead atoms. The maximum absolute atomic E-state index is 12.2. The largest absolute Gasteiger partial charge is 0.508 e. The van der Waals surface area contributed by atoms with Gasteiger partial charge in [0.15, 0.2) is 0 Å². The van der Waals surface area contributed by atoms with Gasteiger partial charge in [-0.1, -0.05) is 19.8 Å². The second kappa shape index (κ2) is 7.63. The molecular formula is C17H19NO6. The van der Waals surface area contributed by atoms with E-state index in [2.05, 4.69) is 5.32 Å². The zero-order valence-electron chi connectivity index (χ0n) is 13.2. The molecule has 1 aromatic carbocycles. The maximum Gasteiger partial charge on any atom is 0.336 e. The SMILES string of the molecule is CCCC[C@H](NC(=O)Cc1cc(=O)oc2cc(O)ccc12)C(=O)O. The normalized spacial score (nSPS) is 12.0. The van der Waals surface area contributed by atoms with Gasteiger partial charge in [-0.25, -0.2) is 9.59 Å². The molecular weight excluding hydrogens is 314 g/mol. The van der Waals surface area contributed by atoms with Crippen LogP contribution in [0, 0.1) is 0 Å². The van der Waals surface area contributed by atoms with E-state index in [0.717, 1.165) is 6.42 Å². The first kappa shape index (κ1) is 17.5. The lowest BCUT2D eigenvalue weighted by atomic mass is 10.1. The van der Waals surface area contributed by atoms with Crippen LogP contribution in [0.3, 0.4) is 0 Å². The minimum absolute atomic E-state index is 0.0576. The number of hydrogen-bond acceptors (Lipinski definition) is 5. The van der Waals surface area contributed by atoms with Crippen LogP contribution in [0.2, 0.25) is 0 Å². The van der Waals surface area contributed by atoms with Crippen LogP contribution in [0.4, 0.5) is 0 Å². The summed E-state index contributed by atoms with van der Waals surface area (Å²) in [5, 5.41) is 21.6. The number of carboxylic acid groups (broad SMARTS) is 1. The molecule has 1 amide bonds. The summed E-state index contributed by atoms with van der Waals surface area (Å²) in [5.41, 5.74) is -0.0545. The van der Waals surface area contributed by atoms with Crippen LogP contribution in [-0.4, -0.2) is 28.1 Å². The van der Waals surface area contributed by atoms with Crippen molar-refractivity contribution in [3.63, 3.8) is 0 Å². The molecule has 0 aliphatic heterocycles. The standard InChI is InChI=1S/C17H19NO6/c1-2-3-4-13(17(22)23)18-15(20)7-10-8-16(21)24-14-9-11(19)5-6-12(10)14/h5-6,8-9,13,19H,2-4,7H2,1H3,(H,18,20)(H,22,23)/t13-/m0/s1. The van der Waals surface area contributed by atoms with E-state index >= 15 is 0 Å². The van der Waals surface area contributed by atoms with Crippen LogP contribution in [0.5, 0.6) is 5.75 Å². The zero-order valence-corrected chi connectivity index (χ0v) is 13.2. The van der Waals surface area contributed by atoms with Crippen molar-refractivity contribution >= 4 is 22.8 Å². The lowest BCUT2D eigenvalue weighted by Crippen LogP contribution is -2.41. The highest BCUT2D eigenvalue weighted by Gasteiger charge is 2.20. The Morgan fingerprint density at radius 3 is 2.71 bits per heavy atom. The predicted molar refractivity (Wildman–Crippen MR) is 86.9 cm³/mol. The maximum atomic E-state index is 12.2. The Morgan fingerprint density at radius 2 is 2.04 bits per heavy atom. The van der Waals surface area contributed by atoms with Crippen molar-refractivity contribution < 1.29 is 24.2 Å². The average molecular weight is 333 g/mol. The zero-order chi connectivity index (χ0) is 17.7. The minimum Gasteiger partial charge on any atom is -0.508 e. The van der Waals surface area contributed by atoms with Crippen molar-refractivity contribution in [2.45, 2.75) is 38.6 Å². The number of fused-ring (bicyclic) bond motifs is 1. The molecule has 0 aliphatic carbocycles. The van der Waals surface area contributed by atoms with Crippen LogP contribution in [-0.2, 0) is 16.0 Å². The summed E-state index contributed by atoms with van der Waals surface area (Å²) in [6.45, 7) is 1.94. The van der Waals surface area contributed by atoms with E-state index in [-0.39, 0.29) is 17.8 Å². The molecule has 1 atom stereocenters. The number of unbranched alkanes of at least 4 members (excludes halogenated alkanes) is 1. The molecule has 0 fully saturated rings. The van der Waals surface area contributed by atoms with Crippen molar-refractivity contribution in [2.24, 2.45) is 0 Å². The molecule has 0 aliphatic rings. The molecule has 128 valence electrons. The Labute approximate surface area is 137 Å². The molecule has 1 aromatic heterocycles. The van der Waals surface area contributed by atoms with Crippen LogP contribution < -0.4 is 10.9 Å². The average Bonchev–Trinajstić information content (AvgIpc) is 2.50. The number of nitrogens with one attached hydrogen (secondary N) is 1. The molecule has 0 saturated heterocycles. The Hall–Kier alpha value is -2.83. The first-order valence-electron chi connectivity index (χ1n) is 7.68. The summed E-state index contributed by atoms with van der Waals surface area (Å²) in [6.07, 6.45) is 1.72. The fourth-order valence-corrected chi connectivity index (χ4v) is 2.45. The summed E-state index contributed by atoms with van der Waals surface area (Å²) in [6, 6.07) is 4.50. The number of carboxylic acids is 1. The van der Waals surface area contributed by atoms with Crippen molar-refractivity contribution in [3.05, 3.63) is 40.2 Å². The third-order valence-corrected chi connectivity index (χ3v) is 3.64. The molecule has 24 heavy (non-hydrogen) atoms. The molecule has 0 saturated carbocycles. The van der Waals surface area contributed by atoms with E-state index in [4.69, 9.17) is 9.52 Å². The van der Waals surface area contributed by atoms with Crippen molar-refractivity contribution in [3.8, 4) is 5.75 Å². The fourth-order valence-electron chi connectivity index (χ4n) is 2.45. The molecule has 2 aromatic rings. The van der Waals surface area contributed by atoms with Crippen LogP contribution >= 0.6 is 0 Å².